The van der Waals surface area contributed by atoms with Crippen LogP contribution in [-0.2, 0) is 0 Å². The van der Waals surface area contributed by atoms with Crippen molar-refractivity contribution in [2.75, 3.05) is 24.5 Å². The van der Waals surface area contributed by atoms with Gasteiger partial charge in [-0.15, -0.1) is 0 Å². The first-order valence-electron chi connectivity index (χ1n) is 6.74. The lowest BCUT2D eigenvalue weighted by atomic mass is 9.94. The summed E-state index contributed by atoms with van der Waals surface area (Å²) < 4.78 is 13.5. The minimum Gasteiger partial charge on any atom is -0.368 e. The molecule has 2 aliphatic rings. The molecule has 1 N–H and O–H groups in total. The molecule has 1 aliphatic carbocycles. The van der Waals surface area contributed by atoms with Crippen molar-refractivity contribution < 1.29 is 4.39 Å². The minimum atomic E-state index is -0.530. The summed E-state index contributed by atoms with van der Waals surface area (Å²) in [6.45, 7) is 2.80. The summed E-state index contributed by atoms with van der Waals surface area (Å²) in [5.74, 6) is -0.530. The van der Waals surface area contributed by atoms with Gasteiger partial charge < -0.3 is 10.2 Å². The summed E-state index contributed by atoms with van der Waals surface area (Å²) in [6, 6.07) is 3.35. The summed E-state index contributed by atoms with van der Waals surface area (Å²) in [7, 11) is 0. The number of benzene rings is 1. The highest BCUT2D eigenvalue weighted by Gasteiger charge is 2.37. The van der Waals surface area contributed by atoms with E-state index in [1.165, 1.54) is 25.7 Å². The van der Waals surface area contributed by atoms with Crippen LogP contribution in [0.4, 0.5) is 10.1 Å². The van der Waals surface area contributed by atoms with E-state index in [9.17, 15) is 4.39 Å². The fourth-order valence-electron chi connectivity index (χ4n) is 3.29. The minimum absolute atomic E-state index is 0.0986. The smallest absolute Gasteiger partial charge is 0.160 e. The van der Waals surface area contributed by atoms with Crippen LogP contribution in [0.5, 0.6) is 0 Å². The zero-order valence-corrected chi connectivity index (χ0v) is 12.2. The molecule has 19 heavy (non-hydrogen) atoms. The Bertz CT molecular complexity index is 463. The fraction of sp³-hybridized carbons (Fsp3) is 0.571. The van der Waals surface area contributed by atoms with E-state index in [1.54, 1.807) is 12.1 Å². The summed E-state index contributed by atoms with van der Waals surface area (Å²) in [4.78, 5) is 2.26. The van der Waals surface area contributed by atoms with Crippen LogP contribution in [0.2, 0.25) is 10.0 Å². The van der Waals surface area contributed by atoms with Gasteiger partial charge in [-0.3, -0.25) is 0 Å². The lowest BCUT2D eigenvalue weighted by Crippen LogP contribution is -2.59. The lowest BCUT2D eigenvalue weighted by molar-refractivity contribution is 0.304. The van der Waals surface area contributed by atoms with Gasteiger partial charge in [0.05, 0.1) is 10.0 Å². The normalized spacial score (nSPS) is 22.2. The van der Waals surface area contributed by atoms with Crippen LogP contribution >= 0.6 is 23.2 Å². The van der Waals surface area contributed by atoms with Gasteiger partial charge in [-0.25, -0.2) is 4.39 Å². The van der Waals surface area contributed by atoms with E-state index in [4.69, 9.17) is 23.2 Å². The van der Waals surface area contributed by atoms with Crippen LogP contribution in [0, 0.1) is 5.82 Å². The van der Waals surface area contributed by atoms with E-state index in [0.717, 1.165) is 25.3 Å². The number of piperazine rings is 1. The monoisotopic (exact) mass is 302 g/mol. The number of rotatable bonds is 1. The second-order valence-corrected chi connectivity index (χ2v) is 6.37. The summed E-state index contributed by atoms with van der Waals surface area (Å²) in [5.41, 5.74) is 1.15. The van der Waals surface area contributed by atoms with Crippen molar-refractivity contribution in [2.45, 2.75) is 31.2 Å². The van der Waals surface area contributed by atoms with E-state index < -0.39 is 5.82 Å². The van der Waals surface area contributed by atoms with Crippen LogP contribution < -0.4 is 10.2 Å². The van der Waals surface area contributed by atoms with E-state index in [2.05, 4.69) is 10.2 Å². The number of nitrogens with zero attached hydrogens (tertiary/aromatic N) is 1. The second kappa shape index (κ2) is 5.12. The molecule has 1 aromatic rings. The predicted molar refractivity (Wildman–Crippen MR) is 77.8 cm³/mol. The van der Waals surface area contributed by atoms with Gasteiger partial charge >= 0.3 is 0 Å². The highest BCUT2D eigenvalue weighted by molar-refractivity contribution is 6.35. The second-order valence-electron chi connectivity index (χ2n) is 5.56. The molecule has 1 aliphatic heterocycles. The molecule has 0 atom stereocenters. The van der Waals surface area contributed by atoms with Gasteiger partial charge in [-0.1, -0.05) is 36.0 Å². The molecule has 0 amide bonds. The molecule has 1 aromatic carbocycles. The SMILES string of the molecule is Fc1c(Cl)cc(N2CCNC3(CCCC3)C2)cc1Cl. The van der Waals surface area contributed by atoms with Gasteiger partial charge in [-0.2, -0.15) is 0 Å². The third-order valence-electron chi connectivity index (χ3n) is 4.27. The topological polar surface area (TPSA) is 15.3 Å². The van der Waals surface area contributed by atoms with Crippen LogP contribution in [0.1, 0.15) is 25.7 Å². The van der Waals surface area contributed by atoms with Crippen LogP contribution in [0.15, 0.2) is 12.1 Å². The van der Waals surface area contributed by atoms with E-state index in [-0.39, 0.29) is 15.6 Å². The maximum absolute atomic E-state index is 13.5. The van der Waals surface area contributed by atoms with E-state index in [1.807, 2.05) is 0 Å². The van der Waals surface area contributed by atoms with Gasteiger partial charge in [0.15, 0.2) is 5.82 Å². The number of hydrogen-bond donors (Lipinski definition) is 1. The zero-order chi connectivity index (χ0) is 13.5. The molecule has 5 heteroatoms. The molecule has 0 radical (unpaired) electrons. The molecular formula is C14H17Cl2FN2. The molecule has 1 saturated heterocycles. The molecule has 0 unspecified atom stereocenters. The van der Waals surface area contributed by atoms with Crippen LogP contribution in [0.3, 0.4) is 0 Å². The van der Waals surface area contributed by atoms with Crippen molar-refractivity contribution >= 4 is 28.9 Å². The van der Waals surface area contributed by atoms with Crippen LogP contribution in [0.25, 0.3) is 0 Å². The molecule has 2 nitrogen and oxygen atoms in total. The lowest BCUT2D eigenvalue weighted by Gasteiger charge is -2.42. The summed E-state index contributed by atoms with van der Waals surface area (Å²) >= 11 is 11.8. The molecule has 1 heterocycles. The van der Waals surface area contributed by atoms with Gasteiger partial charge in [-0.05, 0) is 25.0 Å². The van der Waals surface area contributed by atoms with Crippen LogP contribution in [-0.4, -0.2) is 25.2 Å². The summed E-state index contributed by atoms with van der Waals surface area (Å²) in [6.07, 6.45) is 5.00. The third-order valence-corrected chi connectivity index (χ3v) is 4.82. The number of anilines is 1. The Morgan fingerprint density at radius 2 is 1.79 bits per heavy atom. The number of hydrogen-bond acceptors (Lipinski definition) is 2. The first-order chi connectivity index (χ1) is 9.10. The van der Waals surface area contributed by atoms with E-state index >= 15 is 0 Å². The Hall–Kier alpha value is -0.510. The Labute approximate surface area is 122 Å². The molecule has 2 fully saturated rings. The van der Waals surface area contributed by atoms with Gasteiger partial charge in [0, 0.05) is 30.9 Å². The summed E-state index contributed by atoms with van der Waals surface area (Å²) in [5, 5.41) is 3.85. The standard InChI is InChI=1S/C14H17Cl2FN2/c15-11-7-10(8-12(16)13(11)17)19-6-5-18-14(9-19)3-1-2-4-14/h7-8,18H,1-6,9H2. The van der Waals surface area contributed by atoms with Gasteiger partial charge in [0.1, 0.15) is 0 Å². The first-order valence-corrected chi connectivity index (χ1v) is 7.50. The van der Waals surface area contributed by atoms with Gasteiger partial charge in [0.2, 0.25) is 0 Å². The first kappa shape index (κ1) is 13.5. The Morgan fingerprint density at radius 3 is 2.42 bits per heavy atom. The molecular weight excluding hydrogens is 286 g/mol. The van der Waals surface area contributed by atoms with Crippen molar-refractivity contribution in [3.8, 4) is 0 Å². The number of nitrogens with one attached hydrogen (secondary N) is 1. The average Bonchev–Trinajstić information content (AvgIpc) is 2.83. The Balaban J connectivity index is 1.85. The number of halogens is 3. The third kappa shape index (κ3) is 2.56. The quantitative estimate of drug-likeness (QED) is 0.793. The molecule has 104 valence electrons. The largest absolute Gasteiger partial charge is 0.368 e. The maximum atomic E-state index is 13.5. The maximum Gasteiger partial charge on any atom is 0.160 e. The predicted octanol–water partition coefficient (Wildman–Crippen LogP) is 3.85. The molecule has 1 saturated carbocycles. The van der Waals surface area contributed by atoms with Crippen molar-refractivity contribution in [1.29, 1.82) is 0 Å². The highest BCUT2D eigenvalue weighted by Crippen LogP contribution is 2.35. The Kier molecular flexibility index (Phi) is 3.63. The van der Waals surface area contributed by atoms with Crippen molar-refractivity contribution in [3.63, 3.8) is 0 Å². The molecule has 3 rings (SSSR count). The zero-order valence-electron chi connectivity index (χ0n) is 10.7. The van der Waals surface area contributed by atoms with Crippen molar-refractivity contribution in [2.24, 2.45) is 0 Å². The molecule has 1 spiro atoms. The Morgan fingerprint density at radius 1 is 1.16 bits per heavy atom. The van der Waals surface area contributed by atoms with Gasteiger partial charge in [0.25, 0.3) is 0 Å². The average molecular weight is 303 g/mol. The van der Waals surface area contributed by atoms with E-state index in [0.29, 0.717) is 0 Å². The molecule has 0 aromatic heterocycles. The van der Waals surface area contributed by atoms with Crippen molar-refractivity contribution in [3.05, 3.63) is 28.0 Å². The highest BCUT2D eigenvalue weighted by atomic mass is 35.5. The fourth-order valence-corrected chi connectivity index (χ4v) is 3.76. The van der Waals surface area contributed by atoms with Crippen molar-refractivity contribution in [1.82, 2.24) is 5.32 Å². The molecule has 0 bridgehead atoms.